The number of aryl methyl sites for hydroxylation is 1. The molecule has 0 spiro atoms. The molecule has 0 aliphatic carbocycles. The molecule has 1 aromatic carbocycles. The largest absolute Gasteiger partial charge is 0.462 e. The number of aromatic nitrogens is 1. The van der Waals surface area contributed by atoms with Crippen molar-refractivity contribution in [2.75, 3.05) is 6.61 Å². The molecule has 0 amide bonds. The molecule has 7 heteroatoms. The van der Waals surface area contributed by atoms with Gasteiger partial charge in [-0.15, -0.1) is 0 Å². The van der Waals surface area contributed by atoms with Gasteiger partial charge in [-0.05, 0) is 57.5 Å². The van der Waals surface area contributed by atoms with Crippen molar-refractivity contribution in [2.45, 2.75) is 33.8 Å². The number of ether oxygens (including phenoxy) is 2. The summed E-state index contributed by atoms with van der Waals surface area (Å²) < 4.78 is 23.1. The molecule has 138 valence electrons. The third-order valence-corrected chi connectivity index (χ3v) is 3.90. The van der Waals surface area contributed by atoms with Crippen molar-refractivity contribution in [3.8, 4) is 0 Å². The molecule has 1 N–H and O–H groups in total. The van der Waals surface area contributed by atoms with Crippen molar-refractivity contribution in [2.24, 2.45) is 0 Å². The number of aromatic amines is 1. The van der Waals surface area contributed by atoms with Gasteiger partial charge in [0.2, 0.25) is 5.78 Å². The van der Waals surface area contributed by atoms with Crippen LogP contribution in [-0.2, 0) is 9.47 Å². The Labute approximate surface area is 150 Å². The maximum Gasteiger partial charge on any atom is 0.340 e. The average Bonchev–Trinajstić information content (AvgIpc) is 2.89. The number of nitrogens with one attached hydrogen (secondary N) is 1. The van der Waals surface area contributed by atoms with E-state index in [-0.39, 0.29) is 17.9 Å². The molecule has 0 saturated heterocycles. The molecule has 0 radical (unpaired) electrons. The summed E-state index contributed by atoms with van der Waals surface area (Å²) in [7, 11) is 0. The first kappa shape index (κ1) is 19.4. The number of carbonyl (C=O) groups is 3. The number of carbonyl (C=O) groups excluding carboxylic acids is 3. The second-order valence-corrected chi connectivity index (χ2v) is 5.76. The van der Waals surface area contributed by atoms with Gasteiger partial charge in [0.25, 0.3) is 0 Å². The van der Waals surface area contributed by atoms with Crippen LogP contribution in [0.1, 0.15) is 56.3 Å². The number of ketones is 1. The second-order valence-electron chi connectivity index (χ2n) is 5.76. The highest BCUT2D eigenvalue weighted by molar-refractivity contribution is 6.04. The van der Waals surface area contributed by atoms with E-state index < -0.39 is 29.6 Å². The highest BCUT2D eigenvalue weighted by Crippen LogP contribution is 2.21. The van der Waals surface area contributed by atoms with Crippen LogP contribution in [-0.4, -0.2) is 35.4 Å². The molecule has 26 heavy (non-hydrogen) atoms. The van der Waals surface area contributed by atoms with Crippen LogP contribution in [0.4, 0.5) is 4.39 Å². The number of hydrogen-bond acceptors (Lipinski definition) is 5. The normalized spacial score (nSPS) is 11.7. The van der Waals surface area contributed by atoms with Crippen LogP contribution < -0.4 is 0 Å². The van der Waals surface area contributed by atoms with Crippen LogP contribution in [0.5, 0.6) is 0 Å². The van der Waals surface area contributed by atoms with Crippen molar-refractivity contribution in [1.29, 1.82) is 0 Å². The van der Waals surface area contributed by atoms with Crippen molar-refractivity contribution in [1.82, 2.24) is 4.98 Å². The monoisotopic (exact) mass is 361 g/mol. The molecular formula is C19H20FNO5. The van der Waals surface area contributed by atoms with Crippen LogP contribution in [0.15, 0.2) is 24.3 Å². The van der Waals surface area contributed by atoms with E-state index in [1.165, 1.54) is 19.1 Å². The van der Waals surface area contributed by atoms with E-state index in [4.69, 9.17) is 9.47 Å². The van der Waals surface area contributed by atoms with E-state index in [0.29, 0.717) is 16.8 Å². The summed E-state index contributed by atoms with van der Waals surface area (Å²) in [5, 5.41) is 0. The highest BCUT2D eigenvalue weighted by atomic mass is 19.1. The standard InChI is InChI=1S/C19H20FNO5/c1-5-25-19(24)15-10(2)16(21-11(15)3)17(22)12(4)26-18(23)13-6-8-14(20)9-7-13/h6-9,12,21H,5H2,1-4H3/t12-/m0/s1. The Morgan fingerprint density at radius 2 is 1.73 bits per heavy atom. The summed E-state index contributed by atoms with van der Waals surface area (Å²) in [4.78, 5) is 39.6. The fourth-order valence-electron chi connectivity index (χ4n) is 2.58. The minimum atomic E-state index is -1.08. The lowest BCUT2D eigenvalue weighted by Gasteiger charge is -2.12. The second kappa shape index (κ2) is 7.95. The topological polar surface area (TPSA) is 85.5 Å². The molecule has 0 aliphatic heterocycles. The Balaban J connectivity index is 2.18. The van der Waals surface area contributed by atoms with Crippen LogP contribution in [0.3, 0.4) is 0 Å². The predicted octanol–water partition coefficient (Wildman–Crippen LogP) is 3.38. The van der Waals surface area contributed by atoms with Gasteiger partial charge in [-0.25, -0.2) is 14.0 Å². The lowest BCUT2D eigenvalue weighted by Crippen LogP contribution is -2.25. The van der Waals surface area contributed by atoms with E-state index in [2.05, 4.69) is 4.98 Å². The minimum absolute atomic E-state index is 0.137. The fraction of sp³-hybridized carbons (Fsp3) is 0.316. The van der Waals surface area contributed by atoms with E-state index in [1.54, 1.807) is 20.8 Å². The number of H-pyrrole nitrogens is 1. The van der Waals surface area contributed by atoms with E-state index in [9.17, 15) is 18.8 Å². The third-order valence-electron chi connectivity index (χ3n) is 3.90. The van der Waals surface area contributed by atoms with Gasteiger partial charge in [-0.3, -0.25) is 4.79 Å². The lowest BCUT2D eigenvalue weighted by molar-refractivity contribution is 0.0316. The van der Waals surface area contributed by atoms with Gasteiger partial charge in [-0.1, -0.05) is 0 Å². The number of hydrogen-bond donors (Lipinski definition) is 1. The maximum absolute atomic E-state index is 12.9. The van der Waals surface area contributed by atoms with E-state index in [0.717, 1.165) is 12.1 Å². The molecule has 1 atom stereocenters. The first-order chi connectivity index (χ1) is 12.3. The van der Waals surface area contributed by atoms with E-state index >= 15 is 0 Å². The summed E-state index contributed by atoms with van der Waals surface area (Å²) in [6, 6.07) is 4.82. The smallest absolute Gasteiger partial charge is 0.340 e. The average molecular weight is 361 g/mol. The van der Waals surface area contributed by atoms with Crippen LogP contribution >= 0.6 is 0 Å². The molecule has 0 saturated carbocycles. The number of benzene rings is 1. The van der Waals surface area contributed by atoms with Gasteiger partial charge in [0.15, 0.2) is 6.10 Å². The van der Waals surface area contributed by atoms with Gasteiger partial charge in [0, 0.05) is 5.69 Å². The number of Topliss-reactive ketones (excluding diaryl/α,β-unsaturated/α-hetero) is 1. The van der Waals surface area contributed by atoms with Crippen molar-refractivity contribution in [3.63, 3.8) is 0 Å². The van der Waals surface area contributed by atoms with Crippen molar-refractivity contribution in [3.05, 3.63) is 58.2 Å². The predicted molar refractivity (Wildman–Crippen MR) is 91.8 cm³/mol. The summed E-state index contributed by atoms with van der Waals surface area (Å²) in [6.07, 6.45) is -1.08. The van der Waals surface area contributed by atoms with Gasteiger partial charge in [0.05, 0.1) is 23.4 Å². The zero-order valence-electron chi connectivity index (χ0n) is 15.0. The summed E-state index contributed by atoms with van der Waals surface area (Å²) in [5.74, 6) is -2.21. The molecule has 2 rings (SSSR count). The van der Waals surface area contributed by atoms with Crippen LogP contribution in [0, 0.1) is 19.7 Å². The molecule has 1 aromatic heterocycles. The van der Waals surface area contributed by atoms with Crippen molar-refractivity contribution < 1.29 is 28.2 Å². The fourth-order valence-corrected chi connectivity index (χ4v) is 2.58. The summed E-state index contributed by atoms with van der Waals surface area (Å²) in [6.45, 7) is 6.63. The van der Waals surface area contributed by atoms with Crippen LogP contribution in [0.2, 0.25) is 0 Å². The van der Waals surface area contributed by atoms with Gasteiger partial charge < -0.3 is 14.5 Å². The molecule has 0 fully saturated rings. The molecule has 0 unspecified atom stereocenters. The minimum Gasteiger partial charge on any atom is -0.462 e. The number of esters is 2. The first-order valence-electron chi connectivity index (χ1n) is 8.13. The zero-order chi connectivity index (χ0) is 19.4. The molecular weight excluding hydrogens is 341 g/mol. The van der Waals surface area contributed by atoms with Crippen LogP contribution in [0.25, 0.3) is 0 Å². The summed E-state index contributed by atoms with van der Waals surface area (Å²) in [5.41, 5.74) is 1.56. The Bertz CT molecular complexity index is 838. The molecule has 0 bridgehead atoms. The third kappa shape index (κ3) is 3.99. The molecule has 2 aromatic rings. The molecule has 1 heterocycles. The van der Waals surface area contributed by atoms with Gasteiger partial charge in [-0.2, -0.15) is 0 Å². The maximum atomic E-state index is 12.9. The van der Waals surface area contributed by atoms with Crippen molar-refractivity contribution >= 4 is 17.7 Å². The molecule has 6 nitrogen and oxygen atoms in total. The Morgan fingerprint density at radius 3 is 2.31 bits per heavy atom. The Morgan fingerprint density at radius 1 is 1.12 bits per heavy atom. The molecule has 0 aliphatic rings. The van der Waals surface area contributed by atoms with Gasteiger partial charge in [0.1, 0.15) is 5.82 Å². The number of halogens is 1. The quantitative estimate of drug-likeness (QED) is 0.630. The number of rotatable bonds is 6. The zero-order valence-corrected chi connectivity index (χ0v) is 15.0. The summed E-state index contributed by atoms with van der Waals surface area (Å²) >= 11 is 0. The van der Waals surface area contributed by atoms with Gasteiger partial charge >= 0.3 is 11.9 Å². The lowest BCUT2D eigenvalue weighted by atomic mass is 10.1. The highest BCUT2D eigenvalue weighted by Gasteiger charge is 2.27. The SMILES string of the molecule is CCOC(=O)c1c(C)[nH]c(C(=O)[C@H](C)OC(=O)c2ccc(F)cc2)c1C. The Kier molecular flexibility index (Phi) is 5.92. The van der Waals surface area contributed by atoms with E-state index in [1.807, 2.05) is 0 Å². The Hall–Kier alpha value is -2.96. The first-order valence-corrected chi connectivity index (χ1v) is 8.13.